The minimum Gasteiger partial charge on any atom is -0.394 e. The van der Waals surface area contributed by atoms with Gasteiger partial charge in [-0.05, 0) is 85.6 Å². The Labute approximate surface area is 351 Å². The summed E-state index contributed by atoms with van der Waals surface area (Å²) < 4.78 is 11.8. The Morgan fingerprint density at radius 2 is 1.02 bits per heavy atom. The first kappa shape index (κ1) is 43.3. The molecule has 294 valence electrons. The van der Waals surface area contributed by atoms with Crippen LogP contribution in [0.15, 0.2) is 132 Å². The molecule has 6 aromatic carbocycles. The van der Waals surface area contributed by atoms with Crippen LogP contribution in [0.2, 0.25) is 10.0 Å². The van der Waals surface area contributed by atoms with Gasteiger partial charge in [-0.2, -0.15) is 0 Å². The molecule has 0 saturated carbocycles. The third-order valence-electron chi connectivity index (χ3n) is 8.84. The number of carbonyl (C=O) groups is 2. The van der Waals surface area contributed by atoms with E-state index in [0.717, 1.165) is 49.5 Å². The quantitative estimate of drug-likeness (QED) is 0.0561. The van der Waals surface area contributed by atoms with Gasteiger partial charge < -0.3 is 30.3 Å². The summed E-state index contributed by atoms with van der Waals surface area (Å²) in [4.78, 5) is 25.7. The van der Waals surface area contributed by atoms with E-state index >= 15 is 0 Å². The third kappa shape index (κ3) is 12.1. The molecule has 0 fully saturated rings. The molecule has 0 heterocycles. The number of halogens is 3. The fourth-order valence-electron chi connectivity index (χ4n) is 5.88. The van der Waals surface area contributed by atoms with E-state index in [1.54, 1.807) is 30.3 Å². The van der Waals surface area contributed by atoms with Gasteiger partial charge in [-0.1, -0.05) is 106 Å². The smallest absolute Gasteiger partial charge is 0.194 e. The molecule has 0 amide bonds. The first-order valence-electron chi connectivity index (χ1n) is 18.2. The lowest BCUT2D eigenvalue weighted by Crippen LogP contribution is -2.05. The second-order valence-electron chi connectivity index (χ2n) is 12.9. The first-order chi connectivity index (χ1) is 27.6. The van der Waals surface area contributed by atoms with Gasteiger partial charge in [0.2, 0.25) is 0 Å². The average molecular weight is 871 g/mol. The van der Waals surface area contributed by atoms with Crippen LogP contribution in [0.3, 0.4) is 0 Å². The normalized spacial score (nSPS) is 10.7. The molecular formula is C46H43BrCl2N2O6. The molecule has 0 atom stereocenters. The van der Waals surface area contributed by atoms with Crippen molar-refractivity contribution in [2.75, 3.05) is 37.1 Å². The molecule has 0 saturated heterocycles. The van der Waals surface area contributed by atoms with Gasteiger partial charge in [0.25, 0.3) is 0 Å². The van der Waals surface area contributed by atoms with Crippen LogP contribution in [0.4, 0.5) is 22.7 Å². The van der Waals surface area contributed by atoms with Gasteiger partial charge in [0.1, 0.15) is 0 Å². The van der Waals surface area contributed by atoms with E-state index in [1.165, 1.54) is 0 Å². The molecule has 4 N–H and O–H groups in total. The highest BCUT2D eigenvalue weighted by molar-refractivity contribution is 9.10. The van der Waals surface area contributed by atoms with Crippen LogP contribution in [0, 0.1) is 13.8 Å². The fraction of sp³-hybridized carbons (Fsp3) is 0.174. The molecule has 6 rings (SSSR count). The molecular weight excluding hydrogens is 827 g/mol. The number of ether oxygens (including phenoxy) is 2. The number of aryl methyl sites for hydroxylation is 2. The predicted molar refractivity (Wildman–Crippen MR) is 233 cm³/mol. The number of hydrogen-bond acceptors (Lipinski definition) is 8. The molecule has 0 aliphatic heterocycles. The van der Waals surface area contributed by atoms with Gasteiger partial charge in [0.15, 0.2) is 11.6 Å². The molecule has 0 aliphatic carbocycles. The van der Waals surface area contributed by atoms with Crippen LogP contribution in [0.1, 0.15) is 54.1 Å². The number of carbonyl (C=O) groups excluding carboxylic acids is 2. The maximum atomic E-state index is 12.8. The molecule has 0 unspecified atom stereocenters. The molecule has 57 heavy (non-hydrogen) atoms. The lowest BCUT2D eigenvalue weighted by atomic mass is 9.99. The molecule has 0 spiro atoms. The Hall–Kier alpha value is -4.84. The zero-order chi connectivity index (χ0) is 40.7. The maximum Gasteiger partial charge on any atom is 0.194 e. The van der Waals surface area contributed by atoms with Crippen molar-refractivity contribution in [1.29, 1.82) is 0 Å². The van der Waals surface area contributed by atoms with Gasteiger partial charge in [0, 0.05) is 60.6 Å². The van der Waals surface area contributed by atoms with Gasteiger partial charge in [-0.15, -0.1) is 0 Å². The Morgan fingerprint density at radius 3 is 1.51 bits per heavy atom. The summed E-state index contributed by atoms with van der Waals surface area (Å²) in [6, 6.07) is 39.1. The predicted octanol–water partition coefficient (Wildman–Crippen LogP) is 11.0. The number of para-hydroxylation sites is 1. The van der Waals surface area contributed by atoms with Gasteiger partial charge in [0.05, 0.1) is 49.7 Å². The van der Waals surface area contributed by atoms with Gasteiger partial charge in [-0.3, -0.25) is 9.59 Å². The Kier molecular flexibility index (Phi) is 16.4. The second-order valence-corrected chi connectivity index (χ2v) is 14.7. The molecule has 6 aromatic rings. The van der Waals surface area contributed by atoms with Crippen LogP contribution in [0.25, 0.3) is 0 Å². The largest absolute Gasteiger partial charge is 0.394 e. The number of nitrogens with one attached hydrogen (secondary N) is 2. The minimum atomic E-state index is -0.0959. The zero-order valence-electron chi connectivity index (χ0n) is 31.5. The summed E-state index contributed by atoms with van der Waals surface area (Å²) in [6.07, 6.45) is 0. The van der Waals surface area contributed by atoms with Crippen molar-refractivity contribution in [3.63, 3.8) is 0 Å². The molecule has 11 heteroatoms. The SMILES string of the molecule is Cc1ccccc1C(=O)c1ccc(Nc2ccc(Br)cc2COCCO)cc1Cl.Cc1ccccc1C(=O)c1ccc(Nc2ccccc2COCCO)cc1Cl. The highest BCUT2D eigenvalue weighted by Crippen LogP contribution is 2.31. The van der Waals surface area contributed by atoms with Crippen molar-refractivity contribution in [1.82, 2.24) is 0 Å². The monoisotopic (exact) mass is 868 g/mol. The molecule has 0 aliphatic rings. The minimum absolute atomic E-state index is 0.0123. The average Bonchev–Trinajstić information content (AvgIpc) is 3.20. The van der Waals surface area contributed by atoms with E-state index < -0.39 is 0 Å². The summed E-state index contributed by atoms with van der Waals surface area (Å²) in [5.74, 6) is -0.186. The van der Waals surface area contributed by atoms with Crippen LogP contribution in [-0.2, 0) is 22.7 Å². The summed E-state index contributed by atoms with van der Waals surface area (Å²) in [5.41, 5.74) is 9.26. The lowest BCUT2D eigenvalue weighted by molar-refractivity contribution is 0.0818. The van der Waals surface area contributed by atoms with E-state index in [1.807, 2.05) is 111 Å². The number of hydrogen-bond donors (Lipinski definition) is 4. The van der Waals surface area contributed by atoms with E-state index in [0.29, 0.717) is 45.5 Å². The zero-order valence-corrected chi connectivity index (χ0v) is 34.6. The van der Waals surface area contributed by atoms with E-state index in [-0.39, 0.29) is 38.0 Å². The highest BCUT2D eigenvalue weighted by atomic mass is 79.9. The van der Waals surface area contributed by atoms with Crippen molar-refractivity contribution in [2.45, 2.75) is 27.1 Å². The number of aliphatic hydroxyl groups excluding tert-OH is 2. The summed E-state index contributed by atoms with van der Waals surface area (Å²) in [5, 5.41) is 25.2. The fourth-order valence-corrected chi connectivity index (χ4v) is 6.82. The number of aliphatic hydroxyl groups is 2. The standard InChI is InChI=1S/C23H21BrClNO3.C23H22ClNO3/c1-15-4-2-3-5-19(15)23(28)20-8-7-18(13-21(20)25)26-22-9-6-17(24)12-16(22)14-29-11-10-27;1-16-6-2-4-8-19(16)23(27)20-11-10-18(14-21(20)24)25-22-9-5-3-7-17(22)15-28-13-12-26/h2-9,12-13,26-27H,10-11,14H2,1H3;2-11,14,25-26H,12-13,15H2,1H3. The molecule has 0 bridgehead atoms. The topological polar surface area (TPSA) is 117 Å². The number of anilines is 4. The van der Waals surface area contributed by atoms with Crippen LogP contribution >= 0.6 is 39.1 Å². The highest BCUT2D eigenvalue weighted by Gasteiger charge is 2.17. The molecule has 0 aromatic heterocycles. The van der Waals surface area contributed by atoms with Crippen molar-refractivity contribution in [3.05, 3.63) is 186 Å². The Balaban J connectivity index is 0.000000218. The first-order valence-corrected chi connectivity index (χ1v) is 19.7. The van der Waals surface area contributed by atoms with Gasteiger partial charge in [-0.25, -0.2) is 0 Å². The lowest BCUT2D eigenvalue weighted by Gasteiger charge is -2.14. The van der Waals surface area contributed by atoms with Gasteiger partial charge >= 0.3 is 0 Å². The summed E-state index contributed by atoms with van der Waals surface area (Å²) in [7, 11) is 0. The van der Waals surface area contributed by atoms with E-state index in [9.17, 15) is 9.59 Å². The number of ketones is 2. The molecule has 8 nitrogen and oxygen atoms in total. The van der Waals surface area contributed by atoms with Crippen molar-refractivity contribution < 1.29 is 29.3 Å². The van der Waals surface area contributed by atoms with Crippen molar-refractivity contribution in [3.8, 4) is 0 Å². The van der Waals surface area contributed by atoms with E-state index in [4.69, 9.17) is 42.9 Å². The Bertz CT molecular complexity index is 2320. The van der Waals surface area contributed by atoms with E-state index in [2.05, 4.69) is 26.6 Å². The summed E-state index contributed by atoms with van der Waals surface area (Å²) in [6.45, 7) is 5.09. The second kappa shape index (κ2) is 21.6. The number of benzene rings is 6. The van der Waals surface area contributed by atoms with Crippen molar-refractivity contribution >= 4 is 73.4 Å². The number of rotatable bonds is 16. The Morgan fingerprint density at radius 1 is 0.561 bits per heavy atom. The maximum absolute atomic E-state index is 12.8. The van der Waals surface area contributed by atoms with Crippen molar-refractivity contribution in [2.24, 2.45) is 0 Å². The molecule has 0 radical (unpaired) electrons. The van der Waals surface area contributed by atoms with Crippen LogP contribution in [-0.4, -0.2) is 48.2 Å². The van der Waals surface area contributed by atoms with Crippen LogP contribution < -0.4 is 10.6 Å². The third-order valence-corrected chi connectivity index (χ3v) is 9.95. The summed E-state index contributed by atoms with van der Waals surface area (Å²) >= 11 is 16.3. The van der Waals surface area contributed by atoms with Crippen LogP contribution in [0.5, 0.6) is 0 Å².